The van der Waals surface area contributed by atoms with Crippen LogP contribution in [0.3, 0.4) is 0 Å². The lowest BCUT2D eigenvalue weighted by Crippen LogP contribution is -2.30. The van der Waals surface area contributed by atoms with Crippen molar-refractivity contribution < 1.29 is 22.7 Å². The number of aromatic nitrogens is 3. The van der Waals surface area contributed by atoms with E-state index >= 15 is 0 Å². The molecule has 2 N–H and O–H groups in total. The van der Waals surface area contributed by atoms with Crippen molar-refractivity contribution in [1.29, 1.82) is 0 Å². The lowest BCUT2D eigenvalue weighted by molar-refractivity contribution is -0.153. The Bertz CT molecular complexity index is 816. The largest absolute Gasteiger partial charge is 0.484 e. The number of carbonyl (C=O) groups excluding carboxylic acids is 1. The van der Waals surface area contributed by atoms with Gasteiger partial charge >= 0.3 is 6.18 Å². The van der Waals surface area contributed by atoms with E-state index in [-0.39, 0.29) is 24.0 Å². The summed E-state index contributed by atoms with van der Waals surface area (Å²) in [5.74, 6) is -0.349. The Morgan fingerprint density at radius 3 is 2.75 bits per heavy atom. The first-order valence-electron chi connectivity index (χ1n) is 9.03. The van der Waals surface area contributed by atoms with Crippen LogP contribution in [0.4, 0.5) is 13.2 Å². The van der Waals surface area contributed by atoms with Gasteiger partial charge in [-0.25, -0.2) is 4.68 Å². The number of halogens is 3. The van der Waals surface area contributed by atoms with E-state index in [2.05, 4.69) is 20.9 Å². The molecule has 1 aromatic heterocycles. The predicted molar refractivity (Wildman–Crippen MR) is 95.1 cm³/mol. The molecular formula is C18H22F3N5O2. The van der Waals surface area contributed by atoms with Crippen molar-refractivity contribution in [1.82, 2.24) is 25.6 Å². The van der Waals surface area contributed by atoms with Crippen molar-refractivity contribution in [3.05, 3.63) is 41.2 Å². The average Bonchev–Trinajstić information content (AvgIpc) is 3.06. The van der Waals surface area contributed by atoms with E-state index in [0.29, 0.717) is 11.3 Å². The van der Waals surface area contributed by atoms with Gasteiger partial charge in [0, 0.05) is 12.1 Å². The van der Waals surface area contributed by atoms with E-state index in [9.17, 15) is 18.0 Å². The highest BCUT2D eigenvalue weighted by Crippen LogP contribution is 2.23. The number of para-hydroxylation sites is 1. The molecule has 28 heavy (non-hydrogen) atoms. The van der Waals surface area contributed by atoms with Crippen LogP contribution in [0, 0.1) is 6.92 Å². The molecule has 1 saturated heterocycles. The van der Waals surface area contributed by atoms with E-state index in [4.69, 9.17) is 4.74 Å². The summed E-state index contributed by atoms with van der Waals surface area (Å²) in [6.45, 7) is 2.20. The van der Waals surface area contributed by atoms with E-state index < -0.39 is 18.7 Å². The standard InChI is InChI=1S/C18H22F3N5O2/c1-12-16(24-25-26(12)14-6-8-22-9-7-14)17(27)23-10-13-4-2-3-5-15(13)28-11-18(19,20)21/h2-5,14,22H,6-11H2,1H3,(H,23,27). The van der Waals surface area contributed by atoms with Crippen molar-refractivity contribution in [2.45, 2.75) is 38.5 Å². The Labute approximate surface area is 160 Å². The summed E-state index contributed by atoms with van der Waals surface area (Å²) in [5.41, 5.74) is 1.33. The van der Waals surface area contributed by atoms with Crippen LogP contribution in [-0.2, 0) is 6.54 Å². The molecule has 10 heteroatoms. The third-order valence-corrected chi connectivity index (χ3v) is 4.60. The molecule has 0 unspecified atom stereocenters. The minimum Gasteiger partial charge on any atom is -0.484 e. The Hall–Kier alpha value is -2.62. The zero-order valence-electron chi connectivity index (χ0n) is 15.4. The molecule has 1 aromatic carbocycles. The fourth-order valence-electron chi connectivity index (χ4n) is 3.16. The van der Waals surface area contributed by atoms with Crippen LogP contribution in [0.5, 0.6) is 5.75 Å². The number of ether oxygens (including phenoxy) is 1. The number of carbonyl (C=O) groups is 1. The lowest BCUT2D eigenvalue weighted by atomic mass is 10.1. The normalized spacial score (nSPS) is 15.4. The third-order valence-electron chi connectivity index (χ3n) is 4.60. The van der Waals surface area contributed by atoms with E-state index in [1.54, 1.807) is 29.8 Å². The summed E-state index contributed by atoms with van der Waals surface area (Å²) in [5, 5.41) is 14.1. The van der Waals surface area contributed by atoms with E-state index in [1.165, 1.54) is 6.07 Å². The monoisotopic (exact) mass is 397 g/mol. The Kier molecular flexibility index (Phi) is 6.18. The number of hydrogen-bond acceptors (Lipinski definition) is 5. The van der Waals surface area contributed by atoms with E-state index in [0.717, 1.165) is 25.9 Å². The second-order valence-corrected chi connectivity index (χ2v) is 6.64. The van der Waals surface area contributed by atoms with Gasteiger partial charge < -0.3 is 15.4 Å². The van der Waals surface area contributed by atoms with Gasteiger partial charge in [0.15, 0.2) is 12.3 Å². The van der Waals surface area contributed by atoms with Gasteiger partial charge in [-0.2, -0.15) is 13.2 Å². The zero-order chi connectivity index (χ0) is 20.1. The van der Waals surface area contributed by atoms with Gasteiger partial charge in [-0.05, 0) is 38.9 Å². The number of benzene rings is 1. The van der Waals surface area contributed by atoms with Crippen LogP contribution >= 0.6 is 0 Å². The maximum Gasteiger partial charge on any atom is 0.422 e. The molecule has 0 saturated carbocycles. The molecule has 2 heterocycles. The Balaban J connectivity index is 1.64. The molecule has 0 radical (unpaired) electrons. The lowest BCUT2D eigenvalue weighted by Gasteiger charge is -2.23. The van der Waals surface area contributed by atoms with Crippen LogP contribution < -0.4 is 15.4 Å². The zero-order valence-corrected chi connectivity index (χ0v) is 15.4. The Morgan fingerprint density at radius 2 is 2.04 bits per heavy atom. The molecule has 0 aliphatic carbocycles. The van der Waals surface area contributed by atoms with Gasteiger partial charge in [-0.15, -0.1) is 5.10 Å². The SMILES string of the molecule is Cc1c(C(=O)NCc2ccccc2OCC(F)(F)F)nnn1C1CCNCC1. The first kappa shape index (κ1) is 20.1. The second kappa shape index (κ2) is 8.59. The van der Waals surface area contributed by atoms with Crippen LogP contribution in [0.25, 0.3) is 0 Å². The van der Waals surface area contributed by atoms with Crippen LogP contribution in [-0.4, -0.2) is 46.8 Å². The number of alkyl halides is 3. The molecule has 7 nitrogen and oxygen atoms in total. The second-order valence-electron chi connectivity index (χ2n) is 6.64. The molecule has 1 fully saturated rings. The number of nitrogens with zero attached hydrogens (tertiary/aromatic N) is 3. The molecular weight excluding hydrogens is 375 g/mol. The minimum absolute atomic E-state index is 0.0203. The van der Waals surface area contributed by atoms with Crippen molar-refractivity contribution in [3.63, 3.8) is 0 Å². The fraction of sp³-hybridized carbons (Fsp3) is 0.500. The average molecular weight is 397 g/mol. The summed E-state index contributed by atoms with van der Waals surface area (Å²) in [6, 6.07) is 6.48. The highest BCUT2D eigenvalue weighted by atomic mass is 19.4. The van der Waals surface area contributed by atoms with Crippen LogP contribution in [0.2, 0.25) is 0 Å². The number of piperidine rings is 1. The first-order chi connectivity index (χ1) is 13.3. The number of hydrogen-bond donors (Lipinski definition) is 2. The molecule has 1 aliphatic rings. The summed E-state index contributed by atoms with van der Waals surface area (Å²) < 4.78 is 43.8. The number of amides is 1. The maximum atomic E-state index is 12.5. The summed E-state index contributed by atoms with van der Waals surface area (Å²) in [4.78, 5) is 12.5. The first-order valence-corrected chi connectivity index (χ1v) is 9.03. The smallest absolute Gasteiger partial charge is 0.422 e. The van der Waals surface area contributed by atoms with E-state index in [1.807, 2.05) is 0 Å². The van der Waals surface area contributed by atoms with Gasteiger partial charge in [-0.1, -0.05) is 23.4 Å². The summed E-state index contributed by atoms with van der Waals surface area (Å²) >= 11 is 0. The van der Waals surface area contributed by atoms with Crippen molar-refractivity contribution >= 4 is 5.91 Å². The summed E-state index contributed by atoms with van der Waals surface area (Å²) in [6.07, 6.45) is -2.61. The van der Waals surface area contributed by atoms with Crippen LogP contribution in [0.1, 0.15) is 40.6 Å². The van der Waals surface area contributed by atoms with Crippen molar-refractivity contribution in [2.75, 3.05) is 19.7 Å². The Morgan fingerprint density at radius 1 is 1.32 bits per heavy atom. The molecule has 1 amide bonds. The molecule has 1 aliphatic heterocycles. The molecule has 0 bridgehead atoms. The molecule has 0 atom stereocenters. The number of rotatable bonds is 6. The minimum atomic E-state index is -4.43. The topological polar surface area (TPSA) is 81.1 Å². The van der Waals surface area contributed by atoms with Gasteiger partial charge in [0.05, 0.1) is 11.7 Å². The highest BCUT2D eigenvalue weighted by molar-refractivity contribution is 5.93. The molecule has 2 aromatic rings. The third kappa shape index (κ3) is 5.00. The quantitative estimate of drug-likeness (QED) is 0.782. The van der Waals surface area contributed by atoms with Gasteiger partial charge in [0.2, 0.25) is 0 Å². The molecule has 0 spiro atoms. The van der Waals surface area contributed by atoms with Crippen molar-refractivity contribution in [2.24, 2.45) is 0 Å². The fourth-order valence-corrected chi connectivity index (χ4v) is 3.16. The van der Waals surface area contributed by atoms with Crippen molar-refractivity contribution in [3.8, 4) is 5.75 Å². The summed E-state index contributed by atoms with van der Waals surface area (Å²) in [7, 11) is 0. The van der Waals surface area contributed by atoms with Gasteiger partial charge in [0.25, 0.3) is 5.91 Å². The predicted octanol–water partition coefficient (Wildman–Crippen LogP) is 2.38. The van der Waals surface area contributed by atoms with Gasteiger partial charge in [-0.3, -0.25) is 4.79 Å². The molecule has 152 valence electrons. The number of nitrogens with one attached hydrogen (secondary N) is 2. The van der Waals surface area contributed by atoms with Crippen LogP contribution in [0.15, 0.2) is 24.3 Å². The maximum absolute atomic E-state index is 12.5. The molecule has 3 rings (SSSR count). The van der Waals surface area contributed by atoms with Gasteiger partial charge in [0.1, 0.15) is 5.75 Å². The highest BCUT2D eigenvalue weighted by Gasteiger charge is 2.29.